The van der Waals surface area contributed by atoms with Gasteiger partial charge in [0.05, 0.1) is 0 Å². The lowest BCUT2D eigenvalue weighted by molar-refractivity contribution is 0.215. The Kier molecular flexibility index (Phi) is 6.10. The standard InChI is InChI=1S/C18H22ClNO2/c1-13-10-16(11-14(2)18(13)19)21-8-9-22-17-7-5-4-6-15(17)12-20-3/h4-7,10-11,20H,8-9,12H2,1-3H3. The molecule has 4 heteroatoms. The van der Waals surface area contributed by atoms with Gasteiger partial charge in [0.1, 0.15) is 24.7 Å². The number of nitrogens with one attached hydrogen (secondary N) is 1. The second-order valence-electron chi connectivity index (χ2n) is 5.21. The van der Waals surface area contributed by atoms with Crippen LogP contribution >= 0.6 is 11.6 Å². The van der Waals surface area contributed by atoms with Crippen molar-refractivity contribution < 1.29 is 9.47 Å². The summed E-state index contributed by atoms with van der Waals surface area (Å²) in [6.45, 7) is 5.74. The molecule has 1 N–H and O–H groups in total. The summed E-state index contributed by atoms with van der Waals surface area (Å²) in [4.78, 5) is 0. The quantitative estimate of drug-likeness (QED) is 0.778. The molecule has 0 aliphatic heterocycles. The zero-order chi connectivity index (χ0) is 15.9. The summed E-state index contributed by atoms with van der Waals surface area (Å²) in [6, 6.07) is 11.9. The van der Waals surface area contributed by atoms with Crippen LogP contribution in [0.3, 0.4) is 0 Å². The second-order valence-corrected chi connectivity index (χ2v) is 5.58. The van der Waals surface area contributed by atoms with Crippen LogP contribution in [0.5, 0.6) is 11.5 Å². The monoisotopic (exact) mass is 319 g/mol. The van der Waals surface area contributed by atoms with Gasteiger partial charge in [0.15, 0.2) is 0 Å². The van der Waals surface area contributed by atoms with E-state index in [9.17, 15) is 0 Å². The average Bonchev–Trinajstić information content (AvgIpc) is 2.51. The number of rotatable bonds is 7. The van der Waals surface area contributed by atoms with E-state index in [0.717, 1.165) is 39.8 Å². The van der Waals surface area contributed by atoms with Gasteiger partial charge in [-0.2, -0.15) is 0 Å². The molecule has 0 atom stereocenters. The van der Waals surface area contributed by atoms with Crippen LogP contribution in [0.15, 0.2) is 36.4 Å². The molecular weight excluding hydrogens is 298 g/mol. The van der Waals surface area contributed by atoms with E-state index < -0.39 is 0 Å². The summed E-state index contributed by atoms with van der Waals surface area (Å²) in [7, 11) is 1.92. The van der Waals surface area contributed by atoms with Crippen LogP contribution in [0.25, 0.3) is 0 Å². The van der Waals surface area contributed by atoms with Gasteiger partial charge in [0, 0.05) is 17.1 Å². The molecule has 0 amide bonds. The summed E-state index contributed by atoms with van der Waals surface area (Å²) >= 11 is 6.15. The van der Waals surface area contributed by atoms with E-state index in [1.165, 1.54) is 0 Å². The highest BCUT2D eigenvalue weighted by Crippen LogP contribution is 2.25. The van der Waals surface area contributed by atoms with Crippen LogP contribution in [0.2, 0.25) is 5.02 Å². The summed E-state index contributed by atoms with van der Waals surface area (Å²) in [5.74, 6) is 1.72. The van der Waals surface area contributed by atoms with Crippen LogP contribution in [-0.4, -0.2) is 20.3 Å². The van der Waals surface area contributed by atoms with Crippen LogP contribution < -0.4 is 14.8 Å². The Morgan fingerprint density at radius 1 is 1.00 bits per heavy atom. The zero-order valence-electron chi connectivity index (χ0n) is 13.3. The van der Waals surface area contributed by atoms with Gasteiger partial charge in [-0.05, 0) is 50.2 Å². The van der Waals surface area contributed by atoms with E-state index in [2.05, 4.69) is 11.4 Å². The van der Waals surface area contributed by atoms with Gasteiger partial charge in [0.25, 0.3) is 0 Å². The Morgan fingerprint density at radius 2 is 1.64 bits per heavy atom. The number of hydrogen-bond acceptors (Lipinski definition) is 3. The molecule has 2 rings (SSSR count). The number of ether oxygens (including phenoxy) is 2. The largest absolute Gasteiger partial charge is 0.490 e. The van der Waals surface area contributed by atoms with Crippen LogP contribution in [0.4, 0.5) is 0 Å². The molecule has 0 unspecified atom stereocenters. The van der Waals surface area contributed by atoms with E-state index in [-0.39, 0.29) is 0 Å². The van der Waals surface area contributed by atoms with Crippen molar-refractivity contribution in [3.8, 4) is 11.5 Å². The molecule has 22 heavy (non-hydrogen) atoms. The fraction of sp³-hybridized carbons (Fsp3) is 0.333. The van der Waals surface area contributed by atoms with Crippen molar-refractivity contribution in [2.24, 2.45) is 0 Å². The molecule has 0 fully saturated rings. The molecule has 0 aliphatic rings. The zero-order valence-corrected chi connectivity index (χ0v) is 14.0. The molecule has 0 aromatic heterocycles. The SMILES string of the molecule is CNCc1ccccc1OCCOc1cc(C)c(Cl)c(C)c1. The Balaban J connectivity index is 1.87. The summed E-state index contributed by atoms with van der Waals surface area (Å²) in [6.07, 6.45) is 0. The Labute approximate surface area is 137 Å². The number of benzene rings is 2. The summed E-state index contributed by atoms with van der Waals surface area (Å²) < 4.78 is 11.5. The summed E-state index contributed by atoms with van der Waals surface area (Å²) in [5, 5.41) is 3.93. The van der Waals surface area contributed by atoms with Crippen LogP contribution in [0.1, 0.15) is 16.7 Å². The third-order valence-electron chi connectivity index (χ3n) is 3.36. The van der Waals surface area contributed by atoms with Crippen molar-refractivity contribution >= 4 is 11.6 Å². The third kappa shape index (κ3) is 4.39. The Bertz CT molecular complexity index is 605. The van der Waals surface area contributed by atoms with Gasteiger partial charge in [-0.25, -0.2) is 0 Å². The second kappa shape index (κ2) is 8.06. The van der Waals surface area contributed by atoms with Gasteiger partial charge in [0.2, 0.25) is 0 Å². The normalized spacial score (nSPS) is 10.5. The first-order valence-corrected chi connectivity index (χ1v) is 7.74. The molecule has 0 bridgehead atoms. The van der Waals surface area contributed by atoms with Crippen molar-refractivity contribution in [3.05, 3.63) is 58.1 Å². The number of halogens is 1. The molecular formula is C18H22ClNO2. The minimum atomic E-state index is 0.494. The van der Waals surface area contributed by atoms with Gasteiger partial charge in [-0.3, -0.25) is 0 Å². The Morgan fingerprint density at radius 3 is 2.32 bits per heavy atom. The molecule has 0 heterocycles. The van der Waals surface area contributed by atoms with E-state index in [4.69, 9.17) is 21.1 Å². The molecule has 0 saturated carbocycles. The fourth-order valence-electron chi connectivity index (χ4n) is 2.28. The predicted molar refractivity (Wildman–Crippen MR) is 91.1 cm³/mol. The lowest BCUT2D eigenvalue weighted by atomic mass is 10.1. The molecule has 0 aliphatic carbocycles. The van der Waals surface area contributed by atoms with E-state index in [0.29, 0.717) is 13.2 Å². The number of para-hydroxylation sites is 1. The number of hydrogen-bond donors (Lipinski definition) is 1. The van der Waals surface area contributed by atoms with Crippen molar-refractivity contribution in [2.75, 3.05) is 20.3 Å². The van der Waals surface area contributed by atoms with Crippen LogP contribution in [0, 0.1) is 13.8 Å². The molecule has 0 radical (unpaired) electrons. The summed E-state index contributed by atoms with van der Waals surface area (Å²) in [5.41, 5.74) is 3.19. The van der Waals surface area contributed by atoms with Crippen molar-refractivity contribution in [2.45, 2.75) is 20.4 Å². The van der Waals surface area contributed by atoms with E-state index in [1.807, 2.05) is 51.2 Å². The molecule has 2 aromatic rings. The minimum absolute atomic E-state index is 0.494. The lowest BCUT2D eigenvalue weighted by Crippen LogP contribution is -2.12. The highest BCUT2D eigenvalue weighted by atomic mass is 35.5. The van der Waals surface area contributed by atoms with Gasteiger partial charge >= 0.3 is 0 Å². The first-order chi connectivity index (χ1) is 10.6. The smallest absolute Gasteiger partial charge is 0.123 e. The fourth-order valence-corrected chi connectivity index (χ4v) is 2.39. The van der Waals surface area contributed by atoms with E-state index >= 15 is 0 Å². The van der Waals surface area contributed by atoms with E-state index in [1.54, 1.807) is 0 Å². The molecule has 3 nitrogen and oxygen atoms in total. The first kappa shape index (κ1) is 16.7. The molecule has 2 aromatic carbocycles. The van der Waals surface area contributed by atoms with Crippen molar-refractivity contribution in [1.82, 2.24) is 5.32 Å². The van der Waals surface area contributed by atoms with Crippen molar-refractivity contribution in [3.63, 3.8) is 0 Å². The predicted octanol–water partition coefficient (Wildman–Crippen LogP) is 4.13. The third-order valence-corrected chi connectivity index (χ3v) is 3.96. The maximum atomic E-state index is 6.15. The highest BCUT2D eigenvalue weighted by molar-refractivity contribution is 6.32. The van der Waals surface area contributed by atoms with Gasteiger partial charge in [-0.1, -0.05) is 29.8 Å². The number of aryl methyl sites for hydroxylation is 2. The molecule has 0 spiro atoms. The van der Waals surface area contributed by atoms with Crippen LogP contribution in [-0.2, 0) is 6.54 Å². The average molecular weight is 320 g/mol. The highest BCUT2D eigenvalue weighted by Gasteiger charge is 2.05. The maximum Gasteiger partial charge on any atom is 0.123 e. The molecule has 118 valence electrons. The van der Waals surface area contributed by atoms with Gasteiger partial charge < -0.3 is 14.8 Å². The topological polar surface area (TPSA) is 30.5 Å². The molecule has 0 saturated heterocycles. The first-order valence-electron chi connectivity index (χ1n) is 7.36. The lowest BCUT2D eigenvalue weighted by Gasteiger charge is -2.13. The van der Waals surface area contributed by atoms with Gasteiger partial charge in [-0.15, -0.1) is 0 Å². The minimum Gasteiger partial charge on any atom is -0.490 e. The maximum absolute atomic E-state index is 6.15. The van der Waals surface area contributed by atoms with Crippen molar-refractivity contribution in [1.29, 1.82) is 0 Å². The Hall–Kier alpha value is -1.71.